The van der Waals surface area contributed by atoms with Gasteiger partial charge in [0.25, 0.3) is 0 Å². The highest BCUT2D eigenvalue weighted by Crippen LogP contribution is 2.27. The monoisotopic (exact) mass is 432 g/mol. The van der Waals surface area contributed by atoms with E-state index >= 15 is 0 Å². The van der Waals surface area contributed by atoms with Crippen LogP contribution in [-0.2, 0) is 19.1 Å². The maximum absolute atomic E-state index is 11.4. The van der Waals surface area contributed by atoms with Gasteiger partial charge in [0.2, 0.25) is 0 Å². The first-order valence-electron chi connectivity index (χ1n) is 10.9. The molecule has 6 heteroatoms. The highest BCUT2D eigenvalue weighted by atomic mass is 32.2. The third-order valence-electron chi connectivity index (χ3n) is 4.06. The predicted molar refractivity (Wildman–Crippen MR) is 123 cm³/mol. The summed E-state index contributed by atoms with van der Waals surface area (Å²) >= 11 is 3.65. The van der Waals surface area contributed by atoms with Crippen molar-refractivity contribution >= 4 is 35.5 Å². The standard InChI is InChI=1S/C22H40O4S2/c1-4-7-8-9-10-11-14-20(28-18-13-16-22(24)26-6-3)19-27-17-12-15-21(23)25-5-2/h19H,4-18H2,1-3H3/b20-19-. The second-order valence-electron chi connectivity index (χ2n) is 6.64. The Morgan fingerprint density at radius 2 is 1.29 bits per heavy atom. The van der Waals surface area contributed by atoms with E-state index in [1.54, 1.807) is 11.8 Å². The zero-order chi connectivity index (χ0) is 20.9. The molecule has 0 spiro atoms. The Labute approximate surface area is 181 Å². The minimum atomic E-state index is -0.104. The van der Waals surface area contributed by atoms with Gasteiger partial charge in [-0.1, -0.05) is 39.0 Å². The Balaban J connectivity index is 4.14. The maximum atomic E-state index is 11.4. The molecule has 0 aliphatic rings. The summed E-state index contributed by atoms with van der Waals surface area (Å²) in [5, 5.41) is 2.26. The van der Waals surface area contributed by atoms with Crippen molar-refractivity contribution in [2.45, 2.75) is 91.4 Å². The Hall–Kier alpha value is -0.620. The van der Waals surface area contributed by atoms with Crippen molar-refractivity contribution in [2.24, 2.45) is 0 Å². The number of ether oxygens (including phenoxy) is 2. The first-order chi connectivity index (χ1) is 13.6. The quantitative estimate of drug-likeness (QED) is 0.167. The van der Waals surface area contributed by atoms with Crippen LogP contribution in [0.3, 0.4) is 0 Å². The van der Waals surface area contributed by atoms with Gasteiger partial charge in [0.05, 0.1) is 13.2 Å². The zero-order valence-corrected chi connectivity index (χ0v) is 19.8. The van der Waals surface area contributed by atoms with Crippen LogP contribution in [0.1, 0.15) is 91.4 Å². The van der Waals surface area contributed by atoms with Gasteiger partial charge in [-0.2, -0.15) is 0 Å². The van der Waals surface area contributed by atoms with E-state index in [1.165, 1.54) is 43.4 Å². The van der Waals surface area contributed by atoms with Crippen LogP contribution in [0.5, 0.6) is 0 Å². The number of carbonyl (C=O) groups excluding carboxylic acids is 2. The van der Waals surface area contributed by atoms with Crippen LogP contribution in [0, 0.1) is 0 Å². The average molecular weight is 433 g/mol. The Morgan fingerprint density at radius 1 is 0.714 bits per heavy atom. The topological polar surface area (TPSA) is 52.6 Å². The van der Waals surface area contributed by atoms with Gasteiger partial charge >= 0.3 is 11.9 Å². The van der Waals surface area contributed by atoms with E-state index < -0.39 is 0 Å². The minimum Gasteiger partial charge on any atom is -0.466 e. The lowest BCUT2D eigenvalue weighted by molar-refractivity contribution is -0.144. The number of unbranched alkanes of at least 4 members (excludes halogenated alkanes) is 5. The molecule has 0 aliphatic heterocycles. The largest absolute Gasteiger partial charge is 0.466 e. The number of hydrogen-bond acceptors (Lipinski definition) is 6. The molecule has 0 N–H and O–H groups in total. The van der Waals surface area contributed by atoms with E-state index in [1.807, 2.05) is 25.6 Å². The summed E-state index contributed by atoms with van der Waals surface area (Å²) in [4.78, 5) is 24.2. The lowest BCUT2D eigenvalue weighted by Crippen LogP contribution is -2.03. The van der Waals surface area contributed by atoms with Gasteiger partial charge in [0.1, 0.15) is 0 Å². The Kier molecular flexibility index (Phi) is 20.6. The van der Waals surface area contributed by atoms with E-state index in [2.05, 4.69) is 12.3 Å². The molecule has 4 nitrogen and oxygen atoms in total. The molecule has 0 aliphatic carbocycles. The van der Waals surface area contributed by atoms with Gasteiger partial charge in [0, 0.05) is 12.8 Å². The van der Waals surface area contributed by atoms with Gasteiger partial charge in [-0.3, -0.25) is 9.59 Å². The third-order valence-corrected chi connectivity index (χ3v) is 6.37. The van der Waals surface area contributed by atoms with Crippen LogP contribution in [0.25, 0.3) is 0 Å². The fourth-order valence-electron chi connectivity index (χ4n) is 2.58. The van der Waals surface area contributed by atoms with Gasteiger partial charge in [-0.05, 0) is 61.3 Å². The highest BCUT2D eigenvalue weighted by Gasteiger charge is 2.05. The number of hydrogen-bond donors (Lipinski definition) is 0. The molecule has 28 heavy (non-hydrogen) atoms. The summed E-state index contributed by atoms with van der Waals surface area (Å²) in [6.45, 7) is 6.83. The molecule has 0 saturated heterocycles. The fraction of sp³-hybridized carbons (Fsp3) is 0.818. The van der Waals surface area contributed by atoms with E-state index in [0.29, 0.717) is 26.1 Å². The second kappa shape index (κ2) is 21.1. The SMILES string of the molecule is CCCCCCCC/C(=C/SCCCC(=O)OCC)SCCCC(=O)OCC. The molecule has 0 fully saturated rings. The summed E-state index contributed by atoms with van der Waals surface area (Å²) in [6, 6.07) is 0. The lowest BCUT2D eigenvalue weighted by Gasteiger charge is -2.08. The fourth-order valence-corrected chi connectivity index (χ4v) is 4.63. The van der Waals surface area contributed by atoms with Crippen molar-refractivity contribution in [3.63, 3.8) is 0 Å². The van der Waals surface area contributed by atoms with Gasteiger partial charge < -0.3 is 9.47 Å². The molecule has 0 unspecified atom stereocenters. The second-order valence-corrected chi connectivity index (χ2v) is 8.84. The van der Waals surface area contributed by atoms with Crippen molar-refractivity contribution in [3.8, 4) is 0 Å². The van der Waals surface area contributed by atoms with Gasteiger partial charge in [0.15, 0.2) is 0 Å². The van der Waals surface area contributed by atoms with Crippen molar-refractivity contribution in [1.29, 1.82) is 0 Å². The number of carbonyl (C=O) groups is 2. The number of esters is 2. The van der Waals surface area contributed by atoms with Crippen LogP contribution >= 0.6 is 23.5 Å². The molecule has 0 heterocycles. The Morgan fingerprint density at radius 3 is 1.89 bits per heavy atom. The average Bonchev–Trinajstić information content (AvgIpc) is 2.67. The van der Waals surface area contributed by atoms with Crippen molar-refractivity contribution in [3.05, 3.63) is 10.3 Å². The van der Waals surface area contributed by atoms with Crippen LogP contribution in [0.2, 0.25) is 0 Å². The normalized spacial score (nSPS) is 11.5. The first kappa shape index (κ1) is 27.4. The molecule has 0 amide bonds. The molecule has 0 saturated carbocycles. The predicted octanol–water partition coefficient (Wildman–Crippen LogP) is 6.73. The van der Waals surface area contributed by atoms with Crippen molar-refractivity contribution < 1.29 is 19.1 Å². The molecule has 0 aromatic carbocycles. The summed E-state index contributed by atoms with van der Waals surface area (Å²) in [6.07, 6.45) is 11.6. The smallest absolute Gasteiger partial charge is 0.305 e. The zero-order valence-electron chi connectivity index (χ0n) is 18.1. The number of thioether (sulfide) groups is 2. The van der Waals surface area contributed by atoms with Crippen molar-refractivity contribution in [2.75, 3.05) is 24.7 Å². The van der Waals surface area contributed by atoms with E-state index in [-0.39, 0.29) is 11.9 Å². The van der Waals surface area contributed by atoms with E-state index in [0.717, 1.165) is 30.8 Å². The third kappa shape index (κ3) is 18.7. The van der Waals surface area contributed by atoms with Gasteiger partial charge in [-0.25, -0.2) is 0 Å². The first-order valence-corrected chi connectivity index (χ1v) is 12.9. The molecular formula is C22H40O4S2. The van der Waals surface area contributed by atoms with Crippen LogP contribution in [0.15, 0.2) is 10.3 Å². The molecule has 164 valence electrons. The summed E-state index contributed by atoms with van der Waals surface area (Å²) in [5.74, 6) is 1.68. The molecule has 0 aromatic heterocycles. The summed E-state index contributed by atoms with van der Waals surface area (Å²) < 4.78 is 9.94. The molecule has 0 atom stereocenters. The van der Waals surface area contributed by atoms with Crippen LogP contribution < -0.4 is 0 Å². The molecular weight excluding hydrogens is 392 g/mol. The Bertz CT molecular complexity index is 425. The molecule has 0 radical (unpaired) electrons. The van der Waals surface area contributed by atoms with Crippen LogP contribution in [0.4, 0.5) is 0 Å². The molecule has 0 aromatic rings. The van der Waals surface area contributed by atoms with E-state index in [4.69, 9.17) is 9.47 Å². The highest BCUT2D eigenvalue weighted by molar-refractivity contribution is 8.06. The summed E-state index contributed by atoms with van der Waals surface area (Å²) in [5.41, 5.74) is 0. The van der Waals surface area contributed by atoms with E-state index in [9.17, 15) is 9.59 Å². The molecule has 0 rings (SSSR count). The van der Waals surface area contributed by atoms with Gasteiger partial charge in [-0.15, -0.1) is 23.5 Å². The lowest BCUT2D eigenvalue weighted by atomic mass is 10.1. The molecule has 0 bridgehead atoms. The van der Waals surface area contributed by atoms with Crippen LogP contribution in [-0.4, -0.2) is 36.7 Å². The van der Waals surface area contributed by atoms with Crippen molar-refractivity contribution in [1.82, 2.24) is 0 Å². The number of rotatable bonds is 19. The maximum Gasteiger partial charge on any atom is 0.305 e. The number of allylic oxidation sites excluding steroid dienone is 1. The summed E-state index contributed by atoms with van der Waals surface area (Å²) in [7, 11) is 0. The minimum absolute atomic E-state index is 0.0992.